The maximum atomic E-state index is 14.8. The van der Waals surface area contributed by atoms with Crippen LogP contribution in [-0.4, -0.2) is 75.3 Å². The Morgan fingerprint density at radius 1 is 1.20 bits per heavy atom. The Labute approximate surface area is 230 Å². The predicted molar refractivity (Wildman–Crippen MR) is 139 cm³/mol. The number of hydrogen-bond donors (Lipinski definition) is 2. The van der Waals surface area contributed by atoms with Gasteiger partial charge in [0.05, 0.1) is 17.7 Å². The second-order valence-corrected chi connectivity index (χ2v) is 10.5. The Balaban J connectivity index is 1.92. The van der Waals surface area contributed by atoms with Gasteiger partial charge in [-0.1, -0.05) is 12.1 Å². The van der Waals surface area contributed by atoms with E-state index in [0.717, 1.165) is 18.2 Å². The Morgan fingerprint density at radius 2 is 1.93 bits per heavy atom. The van der Waals surface area contributed by atoms with Crippen LogP contribution in [0.25, 0.3) is 11.4 Å². The fraction of sp³-hybridized carbons (Fsp3) is 0.464. The molecule has 0 radical (unpaired) electrons. The van der Waals surface area contributed by atoms with E-state index in [2.05, 4.69) is 15.4 Å². The molecule has 0 bridgehead atoms. The fourth-order valence-corrected chi connectivity index (χ4v) is 4.90. The molecule has 2 N–H and O–H groups in total. The quantitative estimate of drug-likeness (QED) is 0.366. The monoisotopic (exact) mass is 563 g/mol. The lowest BCUT2D eigenvalue weighted by atomic mass is 9.93. The van der Waals surface area contributed by atoms with Crippen LogP contribution in [0.1, 0.15) is 38.2 Å². The lowest BCUT2D eigenvalue weighted by molar-refractivity contribution is -0.151. The number of alkyl halides is 1. The summed E-state index contributed by atoms with van der Waals surface area (Å²) < 4.78 is 64.8. The van der Waals surface area contributed by atoms with E-state index < -0.39 is 53.2 Å². The van der Waals surface area contributed by atoms with E-state index in [1.165, 1.54) is 41.8 Å². The molecule has 4 atom stereocenters. The third-order valence-electron chi connectivity index (χ3n) is 7.16. The molecule has 216 valence electrons. The number of methoxy groups -OCH3 is 1. The molecule has 1 aliphatic rings. The first-order valence-electron chi connectivity index (χ1n) is 12.9. The number of aliphatic hydroxyl groups is 1. The van der Waals surface area contributed by atoms with Gasteiger partial charge in [-0.3, -0.25) is 4.79 Å². The van der Waals surface area contributed by atoms with Crippen molar-refractivity contribution < 1.29 is 32.2 Å². The molecule has 1 saturated heterocycles. The zero-order valence-electron chi connectivity index (χ0n) is 22.7. The van der Waals surface area contributed by atoms with Crippen molar-refractivity contribution in [2.75, 3.05) is 26.7 Å². The topological polar surface area (TPSA) is 92.5 Å². The number of nitrogens with one attached hydrogen (secondary N) is 1. The van der Waals surface area contributed by atoms with Gasteiger partial charge in [-0.2, -0.15) is 5.10 Å². The maximum absolute atomic E-state index is 14.8. The summed E-state index contributed by atoms with van der Waals surface area (Å²) in [6, 6.07) is 7.54. The van der Waals surface area contributed by atoms with Crippen molar-refractivity contribution in [2.45, 2.75) is 51.2 Å². The average Bonchev–Trinajstić information content (AvgIpc) is 3.50. The summed E-state index contributed by atoms with van der Waals surface area (Å²) in [5, 5.41) is 17.7. The molecule has 2 aromatic carbocycles. The molecular weight excluding hydrogens is 530 g/mol. The van der Waals surface area contributed by atoms with Gasteiger partial charge in [-0.05, 0) is 56.7 Å². The summed E-state index contributed by atoms with van der Waals surface area (Å²) in [7, 11) is 1.42. The number of aliphatic hydroxyl groups excluding tert-OH is 1. The molecule has 0 saturated carbocycles. The first kappa shape index (κ1) is 29.6. The Morgan fingerprint density at radius 3 is 2.55 bits per heavy atom. The summed E-state index contributed by atoms with van der Waals surface area (Å²) in [5.41, 5.74) is -0.915. The summed E-state index contributed by atoms with van der Waals surface area (Å²) in [5.74, 6) is -3.32. The molecule has 1 aromatic heterocycles. The van der Waals surface area contributed by atoms with Crippen LogP contribution in [-0.2, 0) is 16.1 Å². The van der Waals surface area contributed by atoms with Gasteiger partial charge in [0.25, 0.3) is 5.91 Å². The molecular formula is C28H33F4N5O3. The lowest BCUT2D eigenvalue weighted by Gasteiger charge is -2.42. The van der Waals surface area contributed by atoms with Gasteiger partial charge < -0.3 is 20.1 Å². The van der Waals surface area contributed by atoms with E-state index in [9.17, 15) is 27.5 Å². The Hall–Kier alpha value is -3.35. The van der Waals surface area contributed by atoms with E-state index >= 15 is 0 Å². The molecule has 2 heterocycles. The molecule has 1 aliphatic heterocycles. The number of ether oxygens (including phenoxy) is 1. The molecule has 1 unspecified atom stereocenters. The number of carbonyl (C=O) groups excluding carboxylic acids is 1. The van der Waals surface area contributed by atoms with Gasteiger partial charge in [0.2, 0.25) is 0 Å². The summed E-state index contributed by atoms with van der Waals surface area (Å²) in [6.07, 6.45) is -2.68. The van der Waals surface area contributed by atoms with E-state index in [4.69, 9.17) is 4.74 Å². The molecule has 4 rings (SSSR count). The first-order chi connectivity index (χ1) is 18.9. The highest BCUT2D eigenvalue weighted by molar-refractivity contribution is 5.81. The van der Waals surface area contributed by atoms with Gasteiger partial charge >= 0.3 is 0 Å². The first-order valence-corrected chi connectivity index (χ1v) is 12.9. The van der Waals surface area contributed by atoms with Gasteiger partial charge in [0, 0.05) is 32.7 Å². The molecule has 0 aliphatic carbocycles. The van der Waals surface area contributed by atoms with Gasteiger partial charge in [0.15, 0.2) is 11.6 Å². The van der Waals surface area contributed by atoms with Crippen LogP contribution in [0.5, 0.6) is 0 Å². The smallest absolute Gasteiger partial charge is 0.251 e. The molecule has 12 heteroatoms. The summed E-state index contributed by atoms with van der Waals surface area (Å²) in [6.45, 7) is 4.97. The number of halogens is 4. The number of amides is 1. The highest BCUT2D eigenvalue weighted by atomic mass is 19.1. The number of carbonyl (C=O) groups is 1. The molecule has 1 amide bonds. The van der Waals surface area contributed by atoms with Crippen LogP contribution in [0.15, 0.2) is 42.5 Å². The van der Waals surface area contributed by atoms with Crippen molar-refractivity contribution in [2.24, 2.45) is 5.92 Å². The zero-order valence-corrected chi connectivity index (χ0v) is 22.7. The minimum absolute atomic E-state index is 0.0409. The molecule has 1 fully saturated rings. The highest BCUT2D eigenvalue weighted by Crippen LogP contribution is 2.37. The SMILES string of the molecule is COC(C)(C)[C@H](c1nc(-c2cc(F)ccc2F)nn1Cc1cccc(F)c1)N(CC1CNC[C@@H]1F)C(=O)[C@H](C)O. The third-order valence-corrected chi connectivity index (χ3v) is 7.16. The number of aromatic nitrogens is 3. The van der Waals surface area contributed by atoms with Crippen molar-refractivity contribution in [3.8, 4) is 11.4 Å². The summed E-state index contributed by atoms with van der Waals surface area (Å²) in [4.78, 5) is 19.3. The van der Waals surface area contributed by atoms with Crippen LogP contribution >= 0.6 is 0 Å². The van der Waals surface area contributed by atoms with E-state index in [1.807, 2.05) is 0 Å². The van der Waals surface area contributed by atoms with Crippen LogP contribution in [0.4, 0.5) is 17.6 Å². The Bertz CT molecular complexity index is 1350. The fourth-order valence-electron chi connectivity index (χ4n) is 4.90. The van der Waals surface area contributed by atoms with Crippen molar-refractivity contribution >= 4 is 5.91 Å². The van der Waals surface area contributed by atoms with Crippen LogP contribution < -0.4 is 5.32 Å². The predicted octanol–water partition coefficient (Wildman–Crippen LogP) is 3.64. The lowest BCUT2D eigenvalue weighted by Crippen LogP contribution is -2.52. The Kier molecular flexibility index (Phi) is 8.91. The molecule has 8 nitrogen and oxygen atoms in total. The second kappa shape index (κ2) is 12.0. The number of benzene rings is 2. The van der Waals surface area contributed by atoms with Crippen LogP contribution in [0.3, 0.4) is 0 Å². The third kappa shape index (κ3) is 6.34. The highest BCUT2D eigenvalue weighted by Gasteiger charge is 2.45. The maximum Gasteiger partial charge on any atom is 0.251 e. The van der Waals surface area contributed by atoms with E-state index in [1.54, 1.807) is 19.9 Å². The zero-order chi connectivity index (χ0) is 29.2. The number of rotatable bonds is 10. The van der Waals surface area contributed by atoms with E-state index in [0.29, 0.717) is 12.1 Å². The standard InChI is InChI=1S/C28H33F4N5O3/c1-16(38)27(39)36(15-18-12-33-13-23(18)32)24(28(2,3)40-4)26-34-25(21-11-20(30)8-9-22(21)31)35-37(26)14-17-6-5-7-19(29)10-17/h5-11,16,18,23-24,33,38H,12-15H2,1-4H3/t16-,18?,23-,24-/m0/s1. The van der Waals surface area contributed by atoms with Crippen molar-refractivity contribution in [1.29, 1.82) is 0 Å². The van der Waals surface area contributed by atoms with Crippen molar-refractivity contribution in [3.05, 3.63) is 71.3 Å². The molecule has 0 spiro atoms. The largest absolute Gasteiger partial charge is 0.384 e. The molecule has 3 aromatic rings. The van der Waals surface area contributed by atoms with Crippen LogP contribution in [0.2, 0.25) is 0 Å². The average molecular weight is 564 g/mol. The normalized spacial score (nSPS) is 19.0. The second-order valence-electron chi connectivity index (χ2n) is 10.5. The number of hydrogen-bond acceptors (Lipinski definition) is 6. The van der Waals surface area contributed by atoms with Crippen molar-refractivity contribution in [1.82, 2.24) is 25.0 Å². The van der Waals surface area contributed by atoms with Gasteiger partial charge in [-0.25, -0.2) is 27.2 Å². The molecule has 40 heavy (non-hydrogen) atoms. The van der Waals surface area contributed by atoms with Gasteiger partial charge in [0.1, 0.15) is 35.8 Å². The van der Waals surface area contributed by atoms with Crippen LogP contribution in [0, 0.1) is 23.4 Å². The van der Waals surface area contributed by atoms with Gasteiger partial charge in [-0.15, -0.1) is 0 Å². The minimum Gasteiger partial charge on any atom is -0.384 e. The van der Waals surface area contributed by atoms with E-state index in [-0.39, 0.29) is 36.8 Å². The van der Waals surface area contributed by atoms with Crippen molar-refractivity contribution in [3.63, 3.8) is 0 Å². The minimum atomic E-state index is -1.44. The number of nitrogens with zero attached hydrogens (tertiary/aromatic N) is 4. The summed E-state index contributed by atoms with van der Waals surface area (Å²) >= 11 is 0.